The van der Waals surface area contributed by atoms with Crippen LogP contribution < -0.4 is 15.9 Å². The number of hydrogen-bond donors (Lipinski definition) is 0. The van der Waals surface area contributed by atoms with Crippen LogP contribution in [0.25, 0.3) is 0 Å². The first-order valence-corrected chi connectivity index (χ1v) is 14.5. The zero-order valence-electron chi connectivity index (χ0n) is 19.4. The third kappa shape index (κ3) is 6.90. The summed E-state index contributed by atoms with van der Waals surface area (Å²) in [5.74, 6) is 1.04. The molecule has 0 N–H and O–H groups in total. The summed E-state index contributed by atoms with van der Waals surface area (Å²) >= 11 is 0. The molecule has 0 aliphatic rings. The Kier molecular flexibility index (Phi) is 10.2. The lowest BCUT2D eigenvalue weighted by atomic mass is 10.4. The van der Waals surface area contributed by atoms with E-state index in [9.17, 15) is 0 Å². The van der Waals surface area contributed by atoms with E-state index in [1.807, 2.05) is 0 Å². The number of ether oxygens (including phenoxy) is 1. The fraction of sp³-hybridized carbons (Fsp3) is 0.241. The van der Waals surface area contributed by atoms with Crippen LogP contribution >= 0.6 is 15.8 Å². The third-order valence-electron chi connectivity index (χ3n) is 5.35. The fourth-order valence-corrected chi connectivity index (χ4v) is 8.82. The largest absolute Gasteiger partial charge is 0.494 e. The van der Waals surface area contributed by atoms with Crippen molar-refractivity contribution in [3.8, 4) is 0 Å². The van der Waals surface area contributed by atoms with E-state index in [4.69, 9.17) is 4.74 Å². The quantitative estimate of drug-likeness (QED) is 0.168. The van der Waals surface area contributed by atoms with Gasteiger partial charge in [-0.1, -0.05) is 97.1 Å². The van der Waals surface area contributed by atoms with Gasteiger partial charge in [0.25, 0.3) is 0 Å². The van der Waals surface area contributed by atoms with Gasteiger partial charge in [-0.3, -0.25) is 0 Å². The second kappa shape index (κ2) is 13.4. The number of hydrogen-bond acceptors (Lipinski definition) is 1. The van der Waals surface area contributed by atoms with Gasteiger partial charge in [-0.15, -0.1) is 0 Å². The molecule has 0 heterocycles. The Morgan fingerprint density at radius 3 is 1.72 bits per heavy atom. The van der Waals surface area contributed by atoms with Gasteiger partial charge in [0.05, 0.1) is 6.61 Å². The van der Waals surface area contributed by atoms with Crippen molar-refractivity contribution in [3.63, 3.8) is 0 Å². The molecule has 3 rings (SSSR count). The summed E-state index contributed by atoms with van der Waals surface area (Å²) < 4.78 is 6.03. The van der Waals surface area contributed by atoms with E-state index < -0.39 is 7.92 Å². The average molecular weight is 461 g/mol. The van der Waals surface area contributed by atoms with Crippen LogP contribution in [0.3, 0.4) is 0 Å². The summed E-state index contributed by atoms with van der Waals surface area (Å²) in [4.78, 5) is 0. The van der Waals surface area contributed by atoms with Crippen molar-refractivity contribution in [2.45, 2.75) is 27.2 Å². The highest BCUT2D eigenvalue weighted by Crippen LogP contribution is 2.47. The van der Waals surface area contributed by atoms with Gasteiger partial charge in [-0.2, -0.15) is 0 Å². The molecule has 0 aromatic heterocycles. The molecule has 0 aliphatic heterocycles. The average Bonchev–Trinajstić information content (AvgIpc) is 2.85. The lowest BCUT2D eigenvalue weighted by Crippen LogP contribution is -2.15. The number of allylic oxidation sites excluding steroid dienone is 3. The fourth-order valence-electron chi connectivity index (χ4n) is 3.82. The van der Waals surface area contributed by atoms with Crippen molar-refractivity contribution in [3.05, 3.63) is 114 Å². The lowest BCUT2D eigenvalue weighted by Gasteiger charge is -2.24. The summed E-state index contributed by atoms with van der Waals surface area (Å²) in [5.41, 5.74) is 0. The third-order valence-corrected chi connectivity index (χ3v) is 10.7. The van der Waals surface area contributed by atoms with Crippen molar-refractivity contribution in [1.82, 2.24) is 0 Å². The monoisotopic (exact) mass is 460 g/mol. The van der Waals surface area contributed by atoms with Crippen molar-refractivity contribution in [1.29, 1.82) is 0 Å². The second-order valence-electron chi connectivity index (χ2n) is 7.55. The highest BCUT2D eigenvalue weighted by molar-refractivity contribution is 7.73. The summed E-state index contributed by atoms with van der Waals surface area (Å²) in [5, 5.41) is 5.75. The first-order chi connectivity index (χ1) is 15.7. The van der Waals surface area contributed by atoms with Crippen LogP contribution in [0.5, 0.6) is 0 Å². The standard InChI is InChI=1S/C29H34OP2/c1-4-16-29(30-5-2)25(3)31(26-17-9-6-10-18-26)23-15-24-32(27-19-11-7-12-20-27)28-21-13-8-14-22-28/h4,6-14,16-22H,5,15,23-24H2,1-3H3/b16-4-,29-25-. The molecule has 3 heteroatoms. The van der Waals surface area contributed by atoms with Crippen molar-refractivity contribution in [2.24, 2.45) is 0 Å². The van der Waals surface area contributed by atoms with E-state index in [0.29, 0.717) is 6.61 Å². The Balaban J connectivity index is 1.84. The molecular formula is C29H34OP2. The maximum Gasteiger partial charge on any atom is 0.122 e. The van der Waals surface area contributed by atoms with Gasteiger partial charge >= 0.3 is 0 Å². The Morgan fingerprint density at radius 2 is 1.25 bits per heavy atom. The molecule has 3 aromatic rings. The number of benzene rings is 3. The molecule has 0 radical (unpaired) electrons. The zero-order valence-corrected chi connectivity index (χ0v) is 21.2. The van der Waals surface area contributed by atoms with Crippen LogP contribution in [-0.2, 0) is 4.74 Å². The van der Waals surface area contributed by atoms with E-state index >= 15 is 0 Å². The van der Waals surface area contributed by atoms with Crippen molar-refractivity contribution < 1.29 is 4.74 Å². The predicted molar refractivity (Wildman–Crippen MR) is 146 cm³/mol. The van der Waals surface area contributed by atoms with Crippen LogP contribution in [0.2, 0.25) is 0 Å². The molecule has 0 spiro atoms. The molecule has 0 saturated carbocycles. The Hall–Kier alpha value is -2.20. The van der Waals surface area contributed by atoms with E-state index in [-0.39, 0.29) is 7.92 Å². The van der Waals surface area contributed by atoms with E-state index in [1.54, 1.807) is 0 Å². The summed E-state index contributed by atoms with van der Waals surface area (Å²) in [7, 11) is -0.784. The van der Waals surface area contributed by atoms with Gasteiger partial charge < -0.3 is 4.74 Å². The molecule has 0 aliphatic carbocycles. The van der Waals surface area contributed by atoms with Crippen molar-refractivity contribution >= 4 is 31.8 Å². The zero-order chi connectivity index (χ0) is 22.6. The molecular weight excluding hydrogens is 426 g/mol. The molecule has 1 atom stereocenters. The Morgan fingerprint density at radius 1 is 0.750 bits per heavy atom. The molecule has 0 saturated heterocycles. The van der Waals surface area contributed by atoms with Crippen LogP contribution in [0, 0.1) is 0 Å². The van der Waals surface area contributed by atoms with Crippen LogP contribution in [0.15, 0.2) is 114 Å². The minimum atomic E-state index is -0.434. The maximum absolute atomic E-state index is 6.03. The molecule has 1 unspecified atom stereocenters. The summed E-state index contributed by atoms with van der Waals surface area (Å²) in [6.07, 6.45) is 7.78. The first-order valence-electron chi connectivity index (χ1n) is 11.4. The Labute approximate surface area is 196 Å². The maximum atomic E-state index is 6.03. The highest BCUT2D eigenvalue weighted by atomic mass is 31.1. The molecule has 3 aromatic carbocycles. The van der Waals surface area contributed by atoms with Gasteiger partial charge in [0.15, 0.2) is 0 Å². The van der Waals surface area contributed by atoms with Crippen LogP contribution in [0.1, 0.15) is 27.2 Å². The predicted octanol–water partition coefficient (Wildman–Crippen LogP) is 7.16. The Bertz CT molecular complexity index is 942. The van der Waals surface area contributed by atoms with E-state index in [1.165, 1.54) is 40.0 Å². The SMILES string of the molecule is C/C=C\C(OCC)=C(/C)P(CCCP(c1ccccc1)c1ccccc1)c1ccccc1. The number of rotatable bonds is 11. The molecule has 0 amide bonds. The van der Waals surface area contributed by atoms with Gasteiger partial charge in [0.1, 0.15) is 5.76 Å². The molecule has 1 nitrogen and oxygen atoms in total. The summed E-state index contributed by atoms with van der Waals surface area (Å²) in [6.45, 7) is 7.09. The van der Waals surface area contributed by atoms with E-state index in [2.05, 4.69) is 124 Å². The topological polar surface area (TPSA) is 9.23 Å². The van der Waals surface area contributed by atoms with E-state index in [0.717, 1.165) is 5.76 Å². The molecule has 166 valence electrons. The van der Waals surface area contributed by atoms with Gasteiger partial charge in [0, 0.05) is 0 Å². The minimum absolute atomic E-state index is 0.349. The highest BCUT2D eigenvalue weighted by Gasteiger charge is 2.19. The summed E-state index contributed by atoms with van der Waals surface area (Å²) in [6, 6.07) is 33.1. The van der Waals surface area contributed by atoms with Crippen LogP contribution in [0.4, 0.5) is 0 Å². The molecule has 32 heavy (non-hydrogen) atoms. The van der Waals surface area contributed by atoms with Gasteiger partial charge in [0.2, 0.25) is 0 Å². The van der Waals surface area contributed by atoms with Gasteiger partial charge in [-0.25, -0.2) is 0 Å². The van der Waals surface area contributed by atoms with Crippen LogP contribution in [-0.4, -0.2) is 18.9 Å². The molecule has 0 bridgehead atoms. The molecule has 0 fully saturated rings. The normalized spacial score (nSPS) is 13.2. The second-order valence-corrected chi connectivity index (χ2v) is 12.4. The lowest BCUT2D eigenvalue weighted by molar-refractivity contribution is 0.241. The van der Waals surface area contributed by atoms with Crippen molar-refractivity contribution in [2.75, 3.05) is 18.9 Å². The first kappa shape index (κ1) is 24.4. The smallest absolute Gasteiger partial charge is 0.122 e. The van der Waals surface area contributed by atoms with Gasteiger partial charge in [-0.05, 0) is 82.7 Å². The minimum Gasteiger partial charge on any atom is -0.494 e.